The van der Waals surface area contributed by atoms with Crippen molar-refractivity contribution in [2.45, 2.75) is 38.4 Å². The molecule has 29 heavy (non-hydrogen) atoms. The van der Waals surface area contributed by atoms with Crippen LogP contribution in [0.2, 0.25) is 0 Å². The zero-order valence-electron chi connectivity index (χ0n) is 15.7. The number of alkyl halides is 3. The molecule has 0 saturated heterocycles. The van der Waals surface area contributed by atoms with E-state index in [2.05, 4.69) is 15.3 Å². The highest BCUT2D eigenvalue weighted by molar-refractivity contribution is 5.77. The third kappa shape index (κ3) is 5.22. The van der Waals surface area contributed by atoms with Crippen molar-refractivity contribution in [1.82, 2.24) is 15.3 Å². The number of hydrogen-bond acceptors (Lipinski definition) is 3. The molecule has 0 saturated carbocycles. The van der Waals surface area contributed by atoms with Crippen molar-refractivity contribution >= 4 is 16.8 Å². The molecule has 0 fully saturated rings. The van der Waals surface area contributed by atoms with Crippen molar-refractivity contribution < 1.29 is 18.0 Å². The highest BCUT2D eigenvalue weighted by Crippen LogP contribution is 2.30. The Morgan fingerprint density at radius 1 is 1.17 bits per heavy atom. The molecule has 0 aliphatic heterocycles. The quantitative estimate of drug-likeness (QED) is 0.650. The van der Waals surface area contributed by atoms with Crippen molar-refractivity contribution in [1.29, 1.82) is 0 Å². The third-order valence-corrected chi connectivity index (χ3v) is 4.57. The van der Waals surface area contributed by atoms with Gasteiger partial charge in [0, 0.05) is 12.8 Å². The van der Waals surface area contributed by atoms with Gasteiger partial charge in [-0.1, -0.05) is 24.3 Å². The summed E-state index contributed by atoms with van der Waals surface area (Å²) in [5.41, 5.74) is -0.00165. The van der Waals surface area contributed by atoms with Crippen molar-refractivity contribution in [3.63, 3.8) is 0 Å². The molecule has 0 aliphatic rings. The molecule has 5 nitrogen and oxygen atoms in total. The summed E-state index contributed by atoms with van der Waals surface area (Å²) in [5, 5.41) is 3.21. The minimum absolute atomic E-state index is 0.167. The minimum Gasteiger partial charge on any atom is -0.350 e. The average Bonchev–Trinajstić information content (AvgIpc) is 2.67. The molecule has 3 aromatic rings. The number of nitrogens with zero attached hydrogens (tertiary/aromatic N) is 1. The van der Waals surface area contributed by atoms with Crippen LogP contribution in [-0.4, -0.2) is 15.9 Å². The Balaban J connectivity index is 1.56. The number of hydrogen-bond donors (Lipinski definition) is 2. The largest absolute Gasteiger partial charge is 0.416 e. The third-order valence-electron chi connectivity index (χ3n) is 4.57. The number of amides is 1. The number of para-hydroxylation sites is 1. The van der Waals surface area contributed by atoms with Crippen molar-refractivity contribution in [2.24, 2.45) is 0 Å². The van der Waals surface area contributed by atoms with E-state index in [0.29, 0.717) is 35.1 Å². The predicted octanol–water partition coefficient (Wildman–Crippen LogP) is 4.14. The van der Waals surface area contributed by atoms with E-state index in [0.717, 1.165) is 12.1 Å². The van der Waals surface area contributed by atoms with Gasteiger partial charge in [-0.2, -0.15) is 13.2 Å². The molecule has 1 atom stereocenters. The lowest BCUT2D eigenvalue weighted by atomic mass is 10.0. The van der Waals surface area contributed by atoms with Crippen LogP contribution in [0, 0.1) is 0 Å². The van der Waals surface area contributed by atoms with Crippen LogP contribution < -0.4 is 10.9 Å². The lowest BCUT2D eigenvalue weighted by molar-refractivity contribution is -0.137. The van der Waals surface area contributed by atoms with Gasteiger partial charge in [-0.05, 0) is 43.2 Å². The number of halogens is 3. The molecule has 1 heterocycles. The van der Waals surface area contributed by atoms with Crippen LogP contribution in [0.25, 0.3) is 10.9 Å². The first-order valence-corrected chi connectivity index (χ1v) is 9.18. The Kier molecular flexibility index (Phi) is 6.00. The van der Waals surface area contributed by atoms with E-state index in [1.54, 1.807) is 37.3 Å². The van der Waals surface area contributed by atoms with Gasteiger partial charge in [0.15, 0.2) is 0 Å². The number of aromatic amines is 1. The van der Waals surface area contributed by atoms with Gasteiger partial charge >= 0.3 is 6.18 Å². The molecule has 0 spiro atoms. The van der Waals surface area contributed by atoms with Gasteiger partial charge in [-0.15, -0.1) is 0 Å². The van der Waals surface area contributed by atoms with Crippen molar-refractivity contribution in [3.05, 3.63) is 75.8 Å². The van der Waals surface area contributed by atoms with Crippen LogP contribution in [0.1, 0.15) is 42.8 Å². The lowest BCUT2D eigenvalue weighted by Crippen LogP contribution is -2.26. The summed E-state index contributed by atoms with van der Waals surface area (Å²) >= 11 is 0. The molecule has 2 aromatic carbocycles. The first-order chi connectivity index (χ1) is 13.7. The number of benzene rings is 2. The van der Waals surface area contributed by atoms with E-state index in [9.17, 15) is 22.8 Å². The summed E-state index contributed by atoms with van der Waals surface area (Å²) in [5.74, 6) is 0.213. The van der Waals surface area contributed by atoms with E-state index in [-0.39, 0.29) is 17.9 Å². The second-order valence-corrected chi connectivity index (χ2v) is 6.80. The predicted molar refractivity (Wildman–Crippen MR) is 103 cm³/mol. The molecule has 0 radical (unpaired) electrons. The molecule has 3 rings (SSSR count). The van der Waals surface area contributed by atoms with E-state index in [4.69, 9.17) is 0 Å². The Labute approximate surface area is 165 Å². The number of nitrogens with one attached hydrogen (secondary N) is 2. The lowest BCUT2D eigenvalue weighted by Gasteiger charge is -2.16. The number of carbonyl (C=O) groups excluding carboxylic acids is 1. The molecular formula is C21H20F3N3O2. The second-order valence-electron chi connectivity index (χ2n) is 6.80. The van der Waals surface area contributed by atoms with E-state index in [1.807, 2.05) is 0 Å². The molecule has 0 unspecified atom stereocenters. The van der Waals surface area contributed by atoms with Gasteiger partial charge in [0.05, 0.1) is 22.5 Å². The van der Waals surface area contributed by atoms with E-state index in [1.165, 1.54) is 6.07 Å². The topological polar surface area (TPSA) is 74.8 Å². The number of rotatable bonds is 6. The fourth-order valence-electron chi connectivity index (χ4n) is 3.05. The average molecular weight is 403 g/mol. The Hall–Kier alpha value is -3.16. The fraction of sp³-hybridized carbons (Fsp3) is 0.286. The maximum absolute atomic E-state index is 12.8. The molecule has 8 heteroatoms. The maximum Gasteiger partial charge on any atom is 0.416 e. The van der Waals surface area contributed by atoms with Crippen LogP contribution in [0.3, 0.4) is 0 Å². The number of fused-ring (bicyclic) bond motifs is 1. The second kappa shape index (κ2) is 8.46. The van der Waals surface area contributed by atoms with Crippen molar-refractivity contribution in [2.75, 3.05) is 0 Å². The standard InChI is InChI=1S/C21H20F3N3O2/c1-13(14-6-4-7-15(12-14)21(22,23)24)25-19(28)11-5-10-18-26-17-9-3-2-8-16(17)20(29)27-18/h2-4,6-9,12-13H,5,10-11H2,1H3,(H,25,28)(H,26,27,29)/t13-/m0/s1. The summed E-state index contributed by atoms with van der Waals surface area (Å²) in [6.07, 6.45) is -3.41. The first kappa shape index (κ1) is 20.6. The minimum atomic E-state index is -4.43. The summed E-state index contributed by atoms with van der Waals surface area (Å²) in [7, 11) is 0. The van der Waals surface area contributed by atoms with Gasteiger partial charge in [0.25, 0.3) is 5.56 Å². The van der Waals surface area contributed by atoms with Gasteiger partial charge in [-0.3, -0.25) is 9.59 Å². The Bertz CT molecular complexity index is 1080. The van der Waals surface area contributed by atoms with Crippen LogP contribution in [0.5, 0.6) is 0 Å². The fourth-order valence-corrected chi connectivity index (χ4v) is 3.05. The van der Waals surface area contributed by atoms with Crippen LogP contribution in [-0.2, 0) is 17.4 Å². The van der Waals surface area contributed by atoms with E-state index >= 15 is 0 Å². The zero-order chi connectivity index (χ0) is 21.0. The smallest absolute Gasteiger partial charge is 0.350 e. The van der Waals surface area contributed by atoms with Gasteiger partial charge in [-0.25, -0.2) is 4.98 Å². The summed E-state index contributed by atoms with van der Waals surface area (Å²) in [6, 6.07) is 11.3. The number of carbonyl (C=O) groups is 1. The molecule has 0 bridgehead atoms. The molecule has 1 amide bonds. The molecule has 2 N–H and O–H groups in total. The van der Waals surface area contributed by atoms with Gasteiger partial charge in [0.1, 0.15) is 5.82 Å². The number of aryl methyl sites for hydroxylation is 1. The molecule has 1 aromatic heterocycles. The zero-order valence-corrected chi connectivity index (χ0v) is 15.7. The number of H-pyrrole nitrogens is 1. The normalized spacial score (nSPS) is 12.7. The first-order valence-electron chi connectivity index (χ1n) is 9.18. The summed E-state index contributed by atoms with van der Waals surface area (Å²) in [6.45, 7) is 1.63. The SMILES string of the molecule is C[C@H](NC(=O)CCCc1nc2ccccc2c(=O)[nH]1)c1cccc(C(F)(F)F)c1. The van der Waals surface area contributed by atoms with E-state index < -0.39 is 17.8 Å². The van der Waals surface area contributed by atoms with Crippen molar-refractivity contribution in [3.8, 4) is 0 Å². The Morgan fingerprint density at radius 2 is 1.93 bits per heavy atom. The molecule has 152 valence electrons. The monoisotopic (exact) mass is 403 g/mol. The maximum atomic E-state index is 12.8. The summed E-state index contributed by atoms with van der Waals surface area (Å²) < 4.78 is 38.5. The molecular weight excluding hydrogens is 383 g/mol. The van der Waals surface area contributed by atoms with Crippen LogP contribution in [0.15, 0.2) is 53.3 Å². The highest BCUT2D eigenvalue weighted by atomic mass is 19.4. The highest BCUT2D eigenvalue weighted by Gasteiger charge is 2.30. The van der Waals surface area contributed by atoms with Crippen LogP contribution in [0.4, 0.5) is 13.2 Å². The Morgan fingerprint density at radius 3 is 2.69 bits per heavy atom. The summed E-state index contributed by atoms with van der Waals surface area (Å²) in [4.78, 5) is 31.3. The van der Waals surface area contributed by atoms with Gasteiger partial charge in [0.2, 0.25) is 5.91 Å². The molecule has 0 aliphatic carbocycles. The number of aromatic nitrogens is 2. The van der Waals surface area contributed by atoms with Gasteiger partial charge < -0.3 is 10.3 Å². The van der Waals surface area contributed by atoms with Crippen LogP contribution >= 0.6 is 0 Å².